The average molecular weight is 314 g/mol. The number of halogens is 4. The van der Waals surface area contributed by atoms with Gasteiger partial charge in [-0.15, -0.1) is 0 Å². The molecule has 0 aromatic rings. The lowest BCUT2D eigenvalue weighted by Crippen LogP contribution is -2.27. The van der Waals surface area contributed by atoms with Crippen LogP contribution in [-0.2, 0) is 0 Å². The van der Waals surface area contributed by atoms with Gasteiger partial charge in [0, 0.05) is 0 Å². The molecule has 2 nitrogen and oxygen atoms in total. The number of allylic oxidation sites excluding steroid dienone is 4. The number of hydrogen-bond donors (Lipinski definition) is 0. The van der Waals surface area contributed by atoms with Gasteiger partial charge in [-0.25, -0.2) is 9.98 Å². The zero-order valence-electron chi connectivity index (χ0n) is 6.72. The Kier molecular flexibility index (Phi) is 2.77. The Morgan fingerprint density at radius 2 is 2.00 bits per heavy atom. The third-order valence-corrected chi connectivity index (χ3v) is 2.95. The lowest BCUT2D eigenvalue weighted by Gasteiger charge is -2.23. The van der Waals surface area contributed by atoms with Crippen molar-refractivity contribution >= 4 is 61.2 Å². The molecule has 1 aliphatic heterocycles. The molecule has 0 aromatic carbocycles. The monoisotopic (exact) mass is 312 g/mol. The predicted molar refractivity (Wildman–Crippen MR) is 64.8 cm³/mol. The van der Waals surface area contributed by atoms with Gasteiger partial charge in [0.15, 0.2) is 4.74 Å². The van der Waals surface area contributed by atoms with E-state index in [1.807, 2.05) is 12.2 Å². The molecule has 6 heteroatoms. The SMILES string of the molecule is ClC(Cl)(Cl)C1C=CC=C2N=C(Br)N=C21. The van der Waals surface area contributed by atoms with E-state index in [0.29, 0.717) is 10.5 Å². The van der Waals surface area contributed by atoms with Gasteiger partial charge in [-0.05, 0) is 22.0 Å². The number of alkyl halides is 3. The molecule has 0 spiro atoms. The quantitative estimate of drug-likeness (QED) is 0.482. The van der Waals surface area contributed by atoms with Crippen molar-refractivity contribution in [2.75, 3.05) is 0 Å². The smallest absolute Gasteiger partial charge is 0.202 e. The summed E-state index contributed by atoms with van der Waals surface area (Å²) in [5.74, 6) is -0.341. The van der Waals surface area contributed by atoms with Crippen LogP contribution in [-0.4, -0.2) is 14.2 Å². The molecular formula is C8H4BrCl3N2. The van der Waals surface area contributed by atoms with Gasteiger partial charge in [-0.2, -0.15) is 0 Å². The lowest BCUT2D eigenvalue weighted by molar-refractivity contribution is 0.888. The van der Waals surface area contributed by atoms with Gasteiger partial charge >= 0.3 is 0 Å². The maximum Gasteiger partial charge on any atom is 0.202 e. The number of aliphatic imine (C=N–C) groups is 2. The Morgan fingerprint density at radius 3 is 2.64 bits per heavy atom. The van der Waals surface area contributed by atoms with Crippen molar-refractivity contribution in [2.45, 2.75) is 3.79 Å². The molecule has 0 aromatic heterocycles. The number of amidine groups is 1. The van der Waals surface area contributed by atoms with Crippen molar-refractivity contribution in [1.82, 2.24) is 0 Å². The first kappa shape index (κ1) is 10.7. The molecule has 74 valence electrons. The summed E-state index contributed by atoms with van der Waals surface area (Å²) in [7, 11) is 0. The van der Waals surface area contributed by atoms with E-state index < -0.39 is 3.79 Å². The van der Waals surface area contributed by atoms with Crippen LogP contribution < -0.4 is 0 Å². The standard InChI is InChI=1S/C8H4BrCl3N2/c9-7-13-5-3-1-2-4(6(5)14-7)8(10,11)12/h1-4H. The van der Waals surface area contributed by atoms with Crippen LogP contribution in [0.4, 0.5) is 0 Å². The summed E-state index contributed by atoms with van der Waals surface area (Å²) in [5.41, 5.74) is 1.44. The van der Waals surface area contributed by atoms with Crippen molar-refractivity contribution in [2.24, 2.45) is 15.9 Å². The zero-order chi connectivity index (χ0) is 10.3. The summed E-state index contributed by atoms with van der Waals surface area (Å²) >= 11 is 20.7. The minimum Gasteiger partial charge on any atom is -0.224 e. The Balaban J connectivity index is 2.39. The molecule has 0 N–H and O–H groups in total. The first-order valence-corrected chi connectivity index (χ1v) is 5.69. The van der Waals surface area contributed by atoms with E-state index in [0.717, 1.165) is 5.70 Å². The summed E-state index contributed by atoms with van der Waals surface area (Å²) in [5, 5.41) is 0. The molecule has 0 bridgehead atoms. The van der Waals surface area contributed by atoms with Crippen molar-refractivity contribution in [3.05, 3.63) is 23.9 Å². The molecule has 1 heterocycles. The highest BCUT2D eigenvalue weighted by Gasteiger charge is 2.38. The summed E-state index contributed by atoms with van der Waals surface area (Å²) in [6, 6.07) is 0. The third kappa shape index (κ3) is 1.91. The maximum absolute atomic E-state index is 5.83. The van der Waals surface area contributed by atoms with Crippen LogP contribution in [0.15, 0.2) is 33.9 Å². The van der Waals surface area contributed by atoms with Crippen LogP contribution in [0.2, 0.25) is 0 Å². The van der Waals surface area contributed by atoms with Crippen LogP contribution >= 0.6 is 50.7 Å². The molecule has 0 fully saturated rings. The third-order valence-electron chi connectivity index (χ3n) is 1.89. The lowest BCUT2D eigenvalue weighted by atomic mass is 9.98. The minimum absolute atomic E-state index is 0.341. The van der Waals surface area contributed by atoms with Gasteiger partial charge < -0.3 is 0 Å². The molecular weight excluding hydrogens is 310 g/mol. The molecule has 1 aliphatic carbocycles. The predicted octanol–water partition coefficient (Wildman–Crippen LogP) is 3.63. The molecule has 0 saturated heterocycles. The summed E-state index contributed by atoms with van der Waals surface area (Å²) in [6.45, 7) is 0. The number of rotatable bonds is 0. The Labute approximate surface area is 104 Å². The van der Waals surface area contributed by atoms with E-state index in [4.69, 9.17) is 34.8 Å². The topological polar surface area (TPSA) is 24.7 Å². The summed E-state index contributed by atoms with van der Waals surface area (Å²) in [4.78, 5) is 8.31. The Morgan fingerprint density at radius 1 is 1.29 bits per heavy atom. The highest BCUT2D eigenvalue weighted by atomic mass is 79.9. The minimum atomic E-state index is -1.39. The average Bonchev–Trinajstić information content (AvgIpc) is 2.41. The number of nitrogens with zero attached hydrogens (tertiary/aromatic N) is 2. The second-order valence-electron chi connectivity index (χ2n) is 2.83. The molecule has 1 atom stereocenters. The fourth-order valence-corrected chi connectivity index (χ4v) is 2.21. The van der Waals surface area contributed by atoms with Gasteiger partial charge in [0.1, 0.15) is 0 Å². The largest absolute Gasteiger partial charge is 0.224 e. The van der Waals surface area contributed by atoms with Crippen molar-refractivity contribution in [3.63, 3.8) is 0 Å². The summed E-state index contributed by atoms with van der Waals surface area (Å²) < 4.78 is -0.871. The van der Waals surface area contributed by atoms with Crippen LogP contribution in [0, 0.1) is 5.92 Å². The molecule has 2 rings (SSSR count). The van der Waals surface area contributed by atoms with Gasteiger partial charge in [0.2, 0.25) is 3.79 Å². The molecule has 0 saturated carbocycles. The van der Waals surface area contributed by atoms with Crippen molar-refractivity contribution in [3.8, 4) is 0 Å². The zero-order valence-corrected chi connectivity index (χ0v) is 10.6. The van der Waals surface area contributed by atoms with Crippen LogP contribution in [0.1, 0.15) is 0 Å². The highest BCUT2D eigenvalue weighted by molar-refractivity contribution is 9.18. The van der Waals surface area contributed by atoms with Gasteiger partial charge in [-0.1, -0.05) is 47.0 Å². The van der Waals surface area contributed by atoms with Crippen molar-refractivity contribution < 1.29 is 0 Å². The number of hydrogen-bond acceptors (Lipinski definition) is 2. The fraction of sp³-hybridized carbons (Fsp3) is 0.250. The van der Waals surface area contributed by atoms with Gasteiger partial charge in [0.05, 0.1) is 17.3 Å². The Bertz CT molecular complexity index is 390. The second-order valence-corrected chi connectivity index (χ2v) is 5.91. The van der Waals surface area contributed by atoms with Gasteiger partial charge in [0.25, 0.3) is 0 Å². The molecule has 1 unspecified atom stereocenters. The first-order chi connectivity index (χ1) is 6.48. The number of fused-ring (bicyclic) bond motifs is 1. The van der Waals surface area contributed by atoms with E-state index in [9.17, 15) is 0 Å². The van der Waals surface area contributed by atoms with Crippen LogP contribution in [0.25, 0.3) is 0 Å². The van der Waals surface area contributed by atoms with Crippen LogP contribution in [0.3, 0.4) is 0 Å². The fourth-order valence-electron chi connectivity index (χ4n) is 1.30. The van der Waals surface area contributed by atoms with E-state index in [2.05, 4.69) is 25.9 Å². The van der Waals surface area contributed by atoms with Crippen LogP contribution in [0.5, 0.6) is 0 Å². The highest BCUT2D eigenvalue weighted by Crippen LogP contribution is 2.40. The molecule has 14 heavy (non-hydrogen) atoms. The van der Waals surface area contributed by atoms with E-state index in [-0.39, 0.29) is 5.92 Å². The van der Waals surface area contributed by atoms with E-state index >= 15 is 0 Å². The summed E-state index contributed by atoms with van der Waals surface area (Å²) in [6.07, 6.45) is 5.45. The molecule has 2 aliphatic rings. The first-order valence-electron chi connectivity index (χ1n) is 3.77. The second kappa shape index (κ2) is 3.63. The Hall–Kier alpha value is 0.170. The van der Waals surface area contributed by atoms with E-state index in [1.54, 1.807) is 6.08 Å². The maximum atomic E-state index is 5.83. The molecule has 0 amide bonds. The molecule has 0 radical (unpaired) electrons. The normalized spacial score (nSPS) is 25.4. The van der Waals surface area contributed by atoms with E-state index in [1.165, 1.54) is 0 Å². The van der Waals surface area contributed by atoms with Gasteiger partial charge in [-0.3, -0.25) is 0 Å². The van der Waals surface area contributed by atoms with Crippen molar-refractivity contribution in [1.29, 1.82) is 0 Å².